The Morgan fingerprint density at radius 3 is 2.81 bits per heavy atom. The number of rotatable bonds is 5. The van der Waals surface area contributed by atoms with Gasteiger partial charge in [-0.3, -0.25) is 0 Å². The summed E-state index contributed by atoms with van der Waals surface area (Å²) in [6.45, 7) is 2.59. The molecule has 0 amide bonds. The van der Waals surface area contributed by atoms with E-state index in [0.717, 1.165) is 29.9 Å². The Kier molecular flexibility index (Phi) is 4.42. The number of fused-ring (bicyclic) bond motifs is 1. The molecule has 0 bridgehead atoms. The lowest BCUT2D eigenvalue weighted by atomic mass is 10.2. The van der Waals surface area contributed by atoms with E-state index in [0.29, 0.717) is 23.1 Å². The van der Waals surface area contributed by atoms with Crippen molar-refractivity contribution in [3.63, 3.8) is 0 Å². The maximum Gasteiger partial charge on any atom is 0.154 e. The second-order valence-corrected chi connectivity index (χ2v) is 6.43. The Bertz CT molecular complexity index is 1070. The Balaban J connectivity index is 1.78. The average molecular weight is 370 g/mol. The number of nitrogens with zero attached hydrogens (tertiary/aromatic N) is 5. The van der Waals surface area contributed by atoms with E-state index < -0.39 is 0 Å². The molecule has 0 fully saturated rings. The molecule has 0 atom stereocenters. The van der Waals surface area contributed by atoms with E-state index in [2.05, 4.69) is 17.0 Å². The summed E-state index contributed by atoms with van der Waals surface area (Å²) in [7, 11) is 0. The highest BCUT2D eigenvalue weighted by atomic mass is 35.5. The van der Waals surface area contributed by atoms with Gasteiger partial charge >= 0.3 is 0 Å². The Morgan fingerprint density at radius 2 is 2.00 bits per heavy atom. The second kappa shape index (κ2) is 6.88. The van der Waals surface area contributed by atoms with Crippen molar-refractivity contribution in [1.29, 1.82) is 0 Å². The normalized spacial score (nSPS) is 11.3. The van der Waals surface area contributed by atoms with E-state index in [9.17, 15) is 4.39 Å². The molecule has 0 N–H and O–H groups in total. The van der Waals surface area contributed by atoms with Crippen LogP contribution in [0.4, 0.5) is 4.39 Å². The second-order valence-electron chi connectivity index (χ2n) is 6.04. The van der Waals surface area contributed by atoms with Crippen LogP contribution in [-0.2, 0) is 13.0 Å². The zero-order chi connectivity index (χ0) is 18.1. The lowest BCUT2D eigenvalue weighted by Gasteiger charge is -2.09. The first-order valence-corrected chi connectivity index (χ1v) is 8.84. The van der Waals surface area contributed by atoms with Crippen molar-refractivity contribution in [2.75, 3.05) is 0 Å². The van der Waals surface area contributed by atoms with Crippen molar-refractivity contribution in [2.24, 2.45) is 0 Å². The van der Waals surface area contributed by atoms with E-state index in [1.54, 1.807) is 35.0 Å². The molecule has 132 valence electrons. The maximum absolute atomic E-state index is 14.2. The van der Waals surface area contributed by atoms with Gasteiger partial charge in [-0.05, 0) is 30.7 Å². The van der Waals surface area contributed by atoms with Crippen molar-refractivity contribution in [1.82, 2.24) is 24.1 Å². The third-order valence-corrected chi connectivity index (χ3v) is 4.46. The van der Waals surface area contributed by atoms with Crippen molar-refractivity contribution in [2.45, 2.75) is 26.3 Å². The average Bonchev–Trinajstić information content (AvgIpc) is 3.21. The van der Waals surface area contributed by atoms with Gasteiger partial charge in [0.15, 0.2) is 5.65 Å². The van der Waals surface area contributed by atoms with E-state index in [1.165, 1.54) is 6.07 Å². The van der Waals surface area contributed by atoms with Crippen LogP contribution >= 0.6 is 11.6 Å². The van der Waals surface area contributed by atoms with Crippen LogP contribution in [0.15, 0.2) is 48.8 Å². The molecule has 0 aliphatic heterocycles. The zero-order valence-electron chi connectivity index (χ0n) is 14.2. The van der Waals surface area contributed by atoms with Crippen LogP contribution < -0.4 is 0 Å². The SMILES string of the molecule is CCCc1c(Cn2ccnc2-c2ccccc2F)nc2ccc(Cl)nn12. The molecule has 0 radical (unpaired) electrons. The van der Waals surface area contributed by atoms with Crippen molar-refractivity contribution >= 4 is 17.2 Å². The van der Waals surface area contributed by atoms with Crippen LogP contribution in [-0.4, -0.2) is 24.1 Å². The molecule has 1 aromatic carbocycles. The largest absolute Gasteiger partial charge is 0.325 e. The molecule has 4 aromatic rings. The van der Waals surface area contributed by atoms with Crippen molar-refractivity contribution < 1.29 is 4.39 Å². The highest BCUT2D eigenvalue weighted by Gasteiger charge is 2.16. The minimum absolute atomic E-state index is 0.294. The Morgan fingerprint density at radius 1 is 1.15 bits per heavy atom. The highest BCUT2D eigenvalue weighted by molar-refractivity contribution is 6.29. The maximum atomic E-state index is 14.2. The molecule has 26 heavy (non-hydrogen) atoms. The van der Waals surface area contributed by atoms with Gasteiger partial charge in [-0.25, -0.2) is 18.9 Å². The fraction of sp³-hybridized carbons (Fsp3) is 0.211. The minimum atomic E-state index is -0.294. The highest BCUT2D eigenvalue weighted by Crippen LogP contribution is 2.23. The predicted molar refractivity (Wildman–Crippen MR) is 98.7 cm³/mol. The number of imidazole rings is 2. The van der Waals surface area contributed by atoms with Gasteiger partial charge in [0, 0.05) is 12.4 Å². The molecule has 0 unspecified atom stereocenters. The molecule has 0 spiro atoms. The van der Waals surface area contributed by atoms with Gasteiger partial charge < -0.3 is 4.57 Å². The van der Waals surface area contributed by atoms with Gasteiger partial charge in [0.25, 0.3) is 0 Å². The smallest absolute Gasteiger partial charge is 0.154 e. The molecule has 0 aliphatic carbocycles. The van der Waals surface area contributed by atoms with Gasteiger partial charge in [-0.15, -0.1) is 0 Å². The molecule has 7 heteroatoms. The topological polar surface area (TPSA) is 48.0 Å². The van der Waals surface area contributed by atoms with E-state index in [1.807, 2.05) is 16.8 Å². The summed E-state index contributed by atoms with van der Waals surface area (Å²) in [6.07, 6.45) is 5.29. The molecular formula is C19H17ClFN5. The summed E-state index contributed by atoms with van der Waals surface area (Å²) in [5.41, 5.74) is 3.12. The Labute approximate surface area is 155 Å². The van der Waals surface area contributed by atoms with Crippen molar-refractivity contribution in [3.8, 4) is 11.4 Å². The van der Waals surface area contributed by atoms with E-state index in [4.69, 9.17) is 16.6 Å². The van der Waals surface area contributed by atoms with Gasteiger partial charge in [0.2, 0.25) is 0 Å². The lowest BCUT2D eigenvalue weighted by Crippen LogP contribution is -2.06. The molecule has 0 saturated heterocycles. The summed E-state index contributed by atoms with van der Waals surface area (Å²) in [5.74, 6) is 0.283. The van der Waals surface area contributed by atoms with Crippen LogP contribution in [0.3, 0.4) is 0 Å². The molecule has 0 saturated carbocycles. The summed E-state index contributed by atoms with van der Waals surface area (Å²) in [6, 6.07) is 10.2. The molecule has 5 nitrogen and oxygen atoms in total. The number of halogens is 2. The standard InChI is InChI=1S/C19H17ClFN5/c1-2-5-16-15(23-18-9-8-17(20)24-26(16)18)12-25-11-10-22-19(25)13-6-3-4-7-14(13)21/h3-4,6-11H,2,5,12H2,1H3. The van der Waals surface area contributed by atoms with Crippen LogP contribution in [0.25, 0.3) is 17.0 Å². The van der Waals surface area contributed by atoms with Gasteiger partial charge in [-0.2, -0.15) is 5.10 Å². The number of hydrogen-bond acceptors (Lipinski definition) is 3. The van der Waals surface area contributed by atoms with Crippen LogP contribution in [0.1, 0.15) is 24.7 Å². The van der Waals surface area contributed by atoms with Gasteiger partial charge in [0.05, 0.1) is 23.5 Å². The zero-order valence-corrected chi connectivity index (χ0v) is 15.0. The minimum Gasteiger partial charge on any atom is -0.325 e. The molecule has 3 heterocycles. The molecule has 0 aliphatic rings. The molecule has 3 aromatic heterocycles. The number of hydrogen-bond donors (Lipinski definition) is 0. The van der Waals surface area contributed by atoms with Crippen LogP contribution in [0.2, 0.25) is 5.15 Å². The Hall–Kier alpha value is -2.73. The summed E-state index contributed by atoms with van der Waals surface area (Å²) >= 11 is 6.05. The lowest BCUT2D eigenvalue weighted by molar-refractivity contribution is 0.627. The number of aryl methyl sites for hydroxylation is 1. The van der Waals surface area contributed by atoms with E-state index >= 15 is 0 Å². The van der Waals surface area contributed by atoms with Crippen LogP contribution in [0, 0.1) is 5.82 Å². The summed E-state index contributed by atoms with van der Waals surface area (Å²) in [4.78, 5) is 9.04. The first kappa shape index (κ1) is 16.7. The van der Waals surface area contributed by atoms with Gasteiger partial charge in [-0.1, -0.05) is 37.1 Å². The van der Waals surface area contributed by atoms with Gasteiger partial charge in [0.1, 0.15) is 16.8 Å². The number of benzene rings is 1. The number of aromatic nitrogens is 5. The van der Waals surface area contributed by atoms with Crippen molar-refractivity contribution in [3.05, 3.63) is 71.2 Å². The molecule has 4 rings (SSSR count). The van der Waals surface area contributed by atoms with Crippen LogP contribution in [0.5, 0.6) is 0 Å². The first-order valence-electron chi connectivity index (χ1n) is 8.46. The molecular weight excluding hydrogens is 353 g/mol. The monoisotopic (exact) mass is 369 g/mol. The third-order valence-electron chi connectivity index (χ3n) is 4.26. The van der Waals surface area contributed by atoms with E-state index in [-0.39, 0.29) is 5.82 Å². The predicted octanol–water partition coefficient (Wildman–Crippen LogP) is 4.39. The third kappa shape index (κ3) is 2.97. The first-order chi connectivity index (χ1) is 12.7. The summed E-state index contributed by atoms with van der Waals surface area (Å²) in [5, 5.41) is 4.80. The summed E-state index contributed by atoms with van der Waals surface area (Å²) < 4.78 is 17.9. The fourth-order valence-corrected chi connectivity index (χ4v) is 3.24. The fourth-order valence-electron chi connectivity index (χ4n) is 3.10. The quantitative estimate of drug-likeness (QED) is 0.524.